The molecule has 0 saturated carbocycles. The minimum Gasteiger partial charge on any atom is -0.359 e. The van der Waals surface area contributed by atoms with E-state index in [-0.39, 0.29) is 5.82 Å². The van der Waals surface area contributed by atoms with Gasteiger partial charge in [-0.05, 0) is 12.1 Å². The molecular formula is C9H10FN3. The second-order valence-corrected chi connectivity index (χ2v) is 2.88. The van der Waals surface area contributed by atoms with Crippen molar-refractivity contribution in [2.75, 3.05) is 12.4 Å². The molecule has 1 N–H and O–H groups in total. The minimum atomic E-state index is -0.256. The first-order valence-corrected chi connectivity index (χ1v) is 4.02. The fourth-order valence-corrected chi connectivity index (χ4v) is 1.40. The highest BCUT2D eigenvalue weighted by Gasteiger charge is 2.05. The molecule has 0 aliphatic carbocycles. The van der Waals surface area contributed by atoms with Gasteiger partial charge in [-0.3, -0.25) is 0 Å². The molecule has 0 atom stereocenters. The Morgan fingerprint density at radius 3 is 2.92 bits per heavy atom. The molecule has 0 amide bonds. The molecule has 0 fully saturated rings. The summed E-state index contributed by atoms with van der Waals surface area (Å²) in [5.74, 6) is 0.480. The van der Waals surface area contributed by atoms with Crippen molar-refractivity contribution >= 4 is 17.0 Å². The van der Waals surface area contributed by atoms with Crippen LogP contribution in [0.15, 0.2) is 18.2 Å². The molecule has 13 heavy (non-hydrogen) atoms. The van der Waals surface area contributed by atoms with Crippen molar-refractivity contribution in [2.45, 2.75) is 0 Å². The zero-order valence-corrected chi connectivity index (χ0v) is 7.50. The Labute approximate surface area is 75.2 Å². The van der Waals surface area contributed by atoms with Crippen molar-refractivity contribution in [1.29, 1.82) is 0 Å². The number of fused-ring (bicyclic) bond motifs is 1. The molecule has 2 aromatic rings. The molecule has 2 rings (SSSR count). The van der Waals surface area contributed by atoms with Crippen molar-refractivity contribution in [2.24, 2.45) is 7.05 Å². The van der Waals surface area contributed by atoms with Crippen molar-refractivity contribution in [3.8, 4) is 0 Å². The number of aryl methyl sites for hydroxylation is 1. The van der Waals surface area contributed by atoms with Crippen LogP contribution >= 0.6 is 0 Å². The van der Waals surface area contributed by atoms with Gasteiger partial charge in [0.25, 0.3) is 0 Å². The molecule has 1 aromatic carbocycles. The first-order valence-electron chi connectivity index (χ1n) is 4.02. The lowest BCUT2D eigenvalue weighted by Crippen LogP contribution is -1.97. The van der Waals surface area contributed by atoms with Gasteiger partial charge in [0.1, 0.15) is 5.82 Å². The fourth-order valence-electron chi connectivity index (χ4n) is 1.40. The van der Waals surface area contributed by atoms with E-state index in [0.717, 1.165) is 11.5 Å². The summed E-state index contributed by atoms with van der Waals surface area (Å²) < 4.78 is 14.7. The Hall–Kier alpha value is -1.58. The van der Waals surface area contributed by atoms with E-state index >= 15 is 0 Å². The zero-order valence-electron chi connectivity index (χ0n) is 7.50. The van der Waals surface area contributed by atoms with Crippen LogP contribution < -0.4 is 5.32 Å². The predicted octanol–water partition coefficient (Wildman–Crippen LogP) is 1.75. The third-order valence-corrected chi connectivity index (χ3v) is 2.07. The molecule has 0 radical (unpaired) electrons. The van der Waals surface area contributed by atoms with Gasteiger partial charge in [0.2, 0.25) is 5.95 Å². The lowest BCUT2D eigenvalue weighted by atomic mass is 10.3. The van der Waals surface area contributed by atoms with Gasteiger partial charge in [-0.25, -0.2) is 9.37 Å². The maximum atomic E-state index is 12.8. The number of anilines is 1. The highest BCUT2D eigenvalue weighted by atomic mass is 19.1. The fraction of sp³-hybridized carbons (Fsp3) is 0.222. The van der Waals surface area contributed by atoms with Gasteiger partial charge in [-0.2, -0.15) is 0 Å². The topological polar surface area (TPSA) is 29.9 Å². The standard InChI is InChI=1S/C9H10FN3/c1-11-9-12-7-5-6(10)3-4-8(7)13(9)2/h3-5H,1-2H3,(H,11,12). The normalized spacial score (nSPS) is 10.7. The quantitative estimate of drug-likeness (QED) is 0.722. The Morgan fingerprint density at radius 2 is 2.23 bits per heavy atom. The molecule has 1 heterocycles. The van der Waals surface area contributed by atoms with Gasteiger partial charge in [0.15, 0.2) is 0 Å². The first-order chi connectivity index (χ1) is 6.22. The van der Waals surface area contributed by atoms with Crippen LogP contribution in [0.5, 0.6) is 0 Å². The average Bonchev–Trinajstić information content (AvgIpc) is 2.42. The van der Waals surface area contributed by atoms with E-state index in [0.29, 0.717) is 5.52 Å². The minimum absolute atomic E-state index is 0.256. The smallest absolute Gasteiger partial charge is 0.203 e. The van der Waals surface area contributed by atoms with Gasteiger partial charge in [0, 0.05) is 20.2 Å². The molecule has 0 aliphatic heterocycles. The van der Waals surface area contributed by atoms with Crippen LogP contribution in [0.3, 0.4) is 0 Å². The summed E-state index contributed by atoms with van der Waals surface area (Å²) in [5.41, 5.74) is 1.60. The summed E-state index contributed by atoms with van der Waals surface area (Å²) >= 11 is 0. The summed E-state index contributed by atoms with van der Waals surface area (Å²) in [6.07, 6.45) is 0. The summed E-state index contributed by atoms with van der Waals surface area (Å²) in [4.78, 5) is 4.20. The number of nitrogens with zero attached hydrogens (tertiary/aromatic N) is 2. The number of rotatable bonds is 1. The average molecular weight is 179 g/mol. The lowest BCUT2D eigenvalue weighted by Gasteiger charge is -1.98. The predicted molar refractivity (Wildman–Crippen MR) is 50.2 cm³/mol. The summed E-state index contributed by atoms with van der Waals surface area (Å²) in [5, 5.41) is 2.93. The van der Waals surface area contributed by atoms with Gasteiger partial charge in [-0.1, -0.05) is 0 Å². The zero-order chi connectivity index (χ0) is 9.42. The van der Waals surface area contributed by atoms with Crippen LogP contribution in [0.2, 0.25) is 0 Å². The number of aromatic nitrogens is 2. The van der Waals surface area contributed by atoms with E-state index in [1.54, 1.807) is 13.1 Å². The third kappa shape index (κ3) is 1.14. The molecule has 4 heteroatoms. The van der Waals surface area contributed by atoms with E-state index in [1.165, 1.54) is 12.1 Å². The molecule has 0 saturated heterocycles. The third-order valence-electron chi connectivity index (χ3n) is 2.07. The van der Waals surface area contributed by atoms with Crippen LogP contribution in [-0.2, 0) is 7.05 Å². The number of imidazole rings is 1. The molecule has 0 bridgehead atoms. The molecular weight excluding hydrogens is 169 g/mol. The largest absolute Gasteiger partial charge is 0.359 e. The van der Waals surface area contributed by atoms with Crippen molar-refractivity contribution in [3.05, 3.63) is 24.0 Å². The number of halogens is 1. The van der Waals surface area contributed by atoms with Crippen molar-refractivity contribution < 1.29 is 4.39 Å². The molecule has 68 valence electrons. The SMILES string of the molecule is CNc1nc2cc(F)ccc2n1C. The Bertz CT molecular complexity index is 447. The van der Waals surface area contributed by atoms with Crippen LogP contribution in [0.1, 0.15) is 0 Å². The van der Waals surface area contributed by atoms with E-state index in [2.05, 4.69) is 10.3 Å². The van der Waals surface area contributed by atoms with E-state index in [9.17, 15) is 4.39 Å². The van der Waals surface area contributed by atoms with Gasteiger partial charge in [0.05, 0.1) is 11.0 Å². The molecule has 1 aromatic heterocycles. The Balaban J connectivity index is 2.76. The molecule has 0 unspecified atom stereocenters. The van der Waals surface area contributed by atoms with Crippen LogP contribution in [0, 0.1) is 5.82 Å². The maximum Gasteiger partial charge on any atom is 0.203 e. The Kier molecular flexibility index (Phi) is 1.69. The van der Waals surface area contributed by atoms with Gasteiger partial charge in [-0.15, -0.1) is 0 Å². The lowest BCUT2D eigenvalue weighted by molar-refractivity contribution is 0.629. The van der Waals surface area contributed by atoms with E-state index in [4.69, 9.17) is 0 Å². The number of benzene rings is 1. The van der Waals surface area contributed by atoms with Gasteiger partial charge < -0.3 is 9.88 Å². The number of nitrogens with one attached hydrogen (secondary N) is 1. The van der Waals surface area contributed by atoms with Crippen molar-refractivity contribution in [3.63, 3.8) is 0 Å². The number of hydrogen-bond acceptors (Lipinski definition) is 2. The highest BCUT2D eigenvalue weighted by Crippen LogP contribution is 2.18. The summed E-state index contributed by atoms with van der Waals surface area (Å²) in [7, 11) is 3.68. The Morgan fingerprint density at radius 1 is 1.46 bits per heavy atom. The van der Waals surface area contributed by atoms with Crippen LogP contribution in [0.25, 0.3) is 11.0 Å². The number of hydrogen-bond donors (Lipinski definition) is 1. The monoisotopic (exact) mass is 179 g/mol. The summed E-state index contributed by atoms with van der Waals surface area (Å²) in [6, 6.07) is 4.58. The van der Waals surface area contributed by atoms with E-state index in [1.807, 2.05) is 11.6 Å². The van der Waals surface area contributed by atoms with Crippen molar-refractivity contribution in [1.82, 2.24) is 9.55 Å². The first kappa shape index (κ1) is 8.04. The maximum absolute atomic E-state index is 12.8. The summed E-state index contributed by atoms with van der Waals surface area (Å²) in [6.45, 7) is 0. The van der Waals surface area contributed by atoms with Crippen LogP contribution in [-0.4, -0.2) is 16.6 Å². The highest BCUT2D eigenvalue weighted by molar-refractivity contribution is 5.78. The van der Waals surface area contributed by atoms with Gasteiger partial charge >= 0.3 is 0 Å². The second kappa shape index (κ2) is 2.73. The van der Waals surface area contributed by atoms with Crippen LogP contribution in [0.4, 0.5) is 10.3 Å². The van der Waals surface area contributed by atoms with E-state index < -0.39 is 0 Å². The molecule has 0 spiro atoms. The second-order valence-electron chi connectivity index (χ2n) is 2.88. The molecule has 3 nitrogen and oxygen atoms in total. The molecule has 0 aliphatic rings.